The summed E-state index contributed by atoms with van der Waals surface area (Å²) in [6, 6.07) is 8.41. The summed E-state index contributed by atoms with van der Waals surface area (Å²) in [5, 5.41) is 0. The third-order valence-electron chi connectivity index (χ3n) is 5.13. The van der Waals surface area contributed by atoms with E-state index in [-0.39, 0.29) is 11.6 Å². The third-order valence-corrected chi connectivity index (χ3v) is 5.13. The minimum Gasteiger partial charge on any atom is -0.494 e. The van der Waals surface area contributed by atoms with E-state index in [1.54, 1.807) is 0 Å². The normalized spacial score (nSPS) is 25.9. The second-order valence-electron chi connectivity index (χ2n) is 6.52. The van der Waals surface area contributed by atoms with Gasteiger partial charge in [-0.3, -0.25) is 0 Å². The first kappa shape index (κ1) is 14.9. The minimum absolute atomic E-state index is 0.113. The number of hydrogen-bond acceptors (Lipinski definition) is 3. The fraction of sp³-hybridized carbons (Fsp3) is 0.667. The zero-order valence-electron chi connectivity index (χ0n) is 13.0. The van der Waals surface area contributed by atoms with Gasteiger partial charge in [0, 0.05) is 12.6 Å². The van der Waals surface area contributed by atoms with Crippen molar-refractivity contribution in [3.63, 3.8) is 0 Å². The summed E-state index contributed by atoms with van der Waals surface area (Å²) in [5.41, 5.74) is 7.91. The van der Waals surface area contributed by atoms with Gasteiger partial charge in [0.15, 0.2) is 0 Å². The van der Waals surface area contributed by atoms with E-state index in [4.69, 9.17) is 15.2 Å². The second-order valence-corrected chi connectivity index (χ2v) is 6.52. The van der Waals surface area contributed by atoms with Crippen LogP contribution in [0.3, 0.4) is 0 Å². The van der Waals surface area contributed by atoms with Crippen molar-refractivity contribution >= 4 is 0 Å². The predicted molar refractivity (Wildman–Crippen MR) is 84.4 cm³/mol. The van der Waals surface area contributed by atoms with Crippen molar-refractivity contribution in [1.29, 1.82) is 0 Å². The predicted octanol–water partition coefficient (Wildman–Crippen LogP) is 3.82. The summed E-state index contributed by atoms with van der Waals surface area (Å²) >= 11 is 0. The Morgan fingerprint density at radius 1 is 1.29 bits per heavy atom. The molecule has 3 rings (SSSR count). The van der Waals surface area contributed by atoms with E-state index >= 15 is 0 Å². The van der Waals surface area contributed by atoms with Gasteiger partial charge in [-0.2, -0.15) is 0 Å². The number of hydrogen-bond donors (Lipinski definition) is 1. The van der Waals surface area contributed by atoms with Crippen LogP contribution in [0.2, 0.25) is 0 Å². The van der Waals surface area contributed by atoms with Crippen LogP contribution in [0.1, 0.15) is 57.1 Å². The molecule has 0 amide bonds. The highest BCUT2D eigenvalue weighted by Gasteiger charge is 2.41. The number of rotatable bonds is 4. The molecule has 1 spiro atoms. The van der Waals surface area contributed by atoms with Crippen LogP contribution in [0, 0.1) is 5.92 Å². The quantitative estimate of drug-likeness (QED) is 0.916. The summed E-state index contributed by atoms with van der Waals surface area (Å²) in [7, 11) is 0. The summed E-state index contributed by atoms with van der Waals surface area (Å²) < 4.78 is 11.6. The van der Waals surface area contributed by atoms with Crippen molar-refractivity contribution in [3.05, 3.63) is 29.8 Å². The molecule has 2 aliphatic rings. The van der Waals surface area contributed by atoms with Gasteiger partial charge in [-0.15, -0.1) is 0 Å². The fourth-order valence-electron chi connectivity index (χ4n) is 3.97. The van der Waals surface area contributed by atoms with Crippen LogP contribution < -0.4 is 10.5 Å². The van der Waals surface area contributed by atoms with Crippen LogP contribution in [0.5, 0.6) is 5.75 Å². The first-order valence-electron chi connectivity index (χ1n) is 8.35. The molecule has 1 aromatic rings. The van der Waals surface area contributed by atoms with Gasteiger partial charge in [0.2, 0.25) is 0 Å². The molecule has 2 fully saturated rings. The molecule has 0 bridgehead atoms. The van der Waals surface area contributed by atoms with E-state index in [2.05, 4.69) is 12.1 Å². The summed E-state index contributed by atoms with van der Waals surface area (Å²) in [6.45, 7) is 3.58. The molecule has 3 heteroatoms. The molecular formula is C18H27NO2. The molecule has 3 nitrogen and oxygen atoms in total. The maximum atomic E-state index is 6.55. The third kappa shape index (κ3) is 3.24. The van der Waals surface area contributed by atoms with Crippen LogP contribution >= 0.6 is 0 Å². The molecule has 1 saturated heterocycles. The van der Waals surface area contributed by atoms with Gasteiger partial charge in [-0.1, -0.05) is 25.0 Å². The van der Waals surface area contributed by atoms with Crippen LogP contribution in [-0.4, -0.2) is 18.8 Å². The lowest BCUT2D eigenvalue weighted by Gasteiger charge is -2.40. The van der Waals surface area contributed by atoms with Crippen LogP contribution in [0.15, 0.2) is 24.3 Å². The Morgan fingerprint density at radius 3 is 2.67 bits per heavy atom. The molecule has 2 atom stereocenters. The van der Waals surface area contributed by atoms with E-state index in [1.165, 1.54) is 31.2 Å². The zero-order chi connectivity index (χ0) is 14.7. The van der Waals surface area contributed by atoms with Crippen LogP contribution in [-0.2, 0) is 4.74 Å². The molecular weight excluding hydrogens is 262 g/mol. The second kappa shape index (κ2) is 6.37. The Kier molecular flexibility index (Phi) is 4.51. The molecule has 2 unspecified atom stereocenters. The van der Waals surface area contributed by atoms with Crippen molar-refractivity contribution in [2.24, 2.45) is 11.7 Å². The van der Waals surface area contributed by atoms with Gasteiger partial charge in [-0.25, -0.2) is 0 Å². The molecule has 116 valence electrons. The van der Waals surface area contributed by atoms with Crippen LogP contribution in [0.4, 0.5) is 0 Å². The Labute approximate surface area is 127 Å². The van der Waals surface area contributed by atoms with Crippen molar-refractivity contribution in [2.45, 2.75) is 57.1 Å². The average molecular weight is 289 g/mol. The largest absolute Gasteiger partial charge is 0.494 e. The van der Waals surface area contributed by atoms with Gasteiger partial charge in [0.05, 0.1) is 12.2 Å². The van der Waals surface area contributed by atoms with E-state index < -0.39 is 0 Å². The standard InChI is InChI=1S/C18H27NO2/c1-2-20-16-7-5-14(6-8-16)17(19)15-9-12-21-18(13-15)10-3-4-11-18/h5-8,15,17H,2-4,9-13,19H2,1H3. The highest BCUT2D eigenvalue weighted by Crippen LogP contribution is 2.44. The SMILES string of the molecule is CCOc1ccc(C(N)C2CCOC3(CCCC3)C2)cc1. The van der Waals surface area contributed by atoms with Crippen molar-refractivity contribution in [1.82, 2.24) is 0 Å². The van der Waals surface area contributed by atoms with Gasteiger partial charge < -0.3 is 15.2 Å². The maximum Gasteiger partial charge on any atom is 0.119 e. The molecule has 0 radical (unpaired) electrons. The average Bonchev–Trinajstić information content (AvgIpc) is 2.95. The number of benzene rings is 1. The van der Waals surface area contributed by atoms with E-state index in [0.29, 0.717) is 12.5 Å². The van der Waals surface area contributed by atoms with E-state index in [0.717, 1.165) is 25.2 Å². The molecule has 1 heterocycles. The van der Waals surface area contributed by atoms with Gasteiger partial charge in [0.25, 0.3) is 0 Å². The lowest BCUT2D eigenvalue weighted by atomic mass is 9.79. The maximum absolute atomic E-state index is 6.55. The van der Waals surface area contributed by atoms with Gasteiger partial charge in [0.1, 0.15) is 5.75 Å². The Hall–Kier alpha value is -1.06. The molecule has 1 aromatic carbocycles. The number of ether oxygens (including phenoxy) is 2. The van der Waals surface area contributed by atoms with E-state index in [1.807, 2.05) is 19.1 Å². The van der Waals surface area contributed by atoms with Crippen LogP contribution in [0.25, 0.3) is 0 Å². The first-order chi connectivity index (χ1) is 10.2. The highest BCUT2D eigenvalue weighted by atomic mass is 16.5. The minimum atomic E-state index is 0.113. The van der Waals surface area contributed by atoms with Crippen molar-refractivity contribution < 1.29 is 9.47 Å². The van der Waals surface area contributed by atoms with E-state index in [9.17, 15) is 0 Å². The van der Waals surface area contributed by atoms with Gasteiger partial charge in [-0.05, 0) is 56.2 Å². The Morgan fingerprint density at radius 2 is 2.00 bits per heavy atom. The zero-order valence-corrected chi connectivity index (χ0v) is 13.0. The van der Waals surface area contributed by atoms with Crippen molar-refractivity contribution in [2.75, 3.05) is 13.2 Å². The monoisotopic (exact) mass is 289 g/mol. The molecule has 21 heavy (non-hydrogen) atoms. The topological polar surface area (TPSA) is 44.5 Å². The molecule has 0 aromatic heterocycles. The summed E-state index contributed by atoms with van der Waals surface area (Å²) in [4.78, 5) is 0. The Balaban J connectivity index is 1.67. The highest BCUT2D eigenvalue weighted by molar-refractivity contribution is 5.29. The van der Waals surface area contributed by atoms with Crippen molar-refractivity contribution in [3.8, 4) is 5.75 Å². The molecule has 1 aliphatic carbocycles. The Bertz CT molecular complexity index is 451. The lowest BCUT2D eigenvalue weighted by Crippen LogP contribution is -2.40. The molecule has 2 N–H and O–H groups in total. The van der Waals surface area contributed by atoms with Gasteiger partial charge >= 0.3 is 0 Å². The smallest absolute Gasteiger partial charge is 0.119 e. The molecule has 1 aliphatic heterocycles. The summed E-state index contributed by atoms with van der Waals surface area (Å²) in [5.74, 6) is 1.46. The number of nitrogens with two attached hydrogens (primary N) is 1. The molecule has 1 saturated carbocycles. The summed E-state index contributed by atoms with van der Waals surface area (Å²) in [6.07, 6.45) is 7.27. The first-order valence-corrected chi connectivity index (χ1v) is 8.35. The lowest BCUT2D eigenvalue weighted by molar-refractivity contribution is -0.0963. The fourth-order valence-corrected chi connectivity index (χ4v) is 3.97.